The number of aryl methyl sites for hydroxylation is 1. The number of anilines is 1. The van der Waals surface area contributed by atoms with Gasteiger partial charge in [0.1, 0.15) is 12.9 Å². The highest BCUT2D eigenvalue weighted by Gasteiger charge is 2.28. The average molecular weight is 326 g/mol. The number of hydrogen-bond donors (Lipinski definition) is 1. The molecule has 8 heteroatoms. The predicted molar refractivity (Wildman–Crippen MR) is 80.0 cm³/mol. The van der Waals surface area contributed by atoms with Crippen LogP contribution >= 0.6 is 11.3 Å². The molecular formula is C14H13F3N4S. The summed E-state index contributed by atoms with van der Waals surface area (Å²) in [5.74, 6) is 0.195. The lowest BCUT2D eigenvalue weighted by Crippen LogP contribution is -2.18. The van der Waals surface area contributed by atoms with Crippen LogP contribution in [0.4, 0.5) is 19.1 Å². The molecule has 0 unspecified atom stereocenters. The van der Waals surface area contributed by atoms with Gasteiger partial charge in [0.25, 0.3) is 0 Å². The Balaban J connectivity index is 1.70. The minimum Gasteiger partial charge on any atom is -0.348 e. The van der Waals surface area contributed by atoms with Gasteiger partial charge in [-0.05, 0) is 23.9 Å². The molecule has 116 valence electrons. The van der Waals surface area contributed by atoms with Gasteiger partial charge in [-0.3, -0.25) is 0 Å². The van der Waals surface area contributed by atoms with Gasteiger partial charge in [-0.25, -0.2) is 9.67 Å². The number of aromatic nitrogens is 3. The van der Waals surface area contributed by atoms with E-state index in [1.165, 1.54) is 15.6 Å². The number of hydrogen-bond acceptors (Lipinski definition) is 4. The number of alkyl halides is 3. The molecule has 2 aromatic heterocycles. The fraction of sp³-hybridized carbons (Fsp3) is 0.286. The summed E-state index contributed by atoms with van der Waals surface area (Å²) in [4.78, 5) is 4.96. The normalized spacial score (nSPS) is 12.0. The maximum atomic E-state index is 12.3. The van der Waals surface area contributed by atoms with E-state index in [2.05, 4.69) is 21.5 Å². The van der Waals surface area contributed by atoms with Crippen LogP contribution in [0.2, 0.25) is 0 Å². The number of fused-ring (bicyclic) bond motifs is 1. The molecule has 0 atom stereocenters. The van der Waals surface area contributed by atoms with E-state index in [9.17, 15) is 13.2 Å². The molecule has 3 aromatic rings. The summed E-state index contributed by atoms with van der Waals surface area (Å²) in [5.41, 5.74) is 1.17. The molecule has 22 heavy (non-hydrogen) atoms. The standard InChI is InChI=1S/C14H13F3N4S/c1-9-10-4-2-3-5-11(10)22-12(9)6-18-13-19-8-21(20-13)7-14(15,16)17/h2-5,8H,6-7H2,1H3,(H,18,20). The maximum absolute atomic E-state index is 12.3. The molecule has 0 aliphatic rings. The van der Waals surface area contributed by atoms with Gasteiger partial charge >= 0.3 is 6.18 Å². The van der Waals surface area contributed by atoms with E-state index in [0.717, 1.165) is 15.9 Å². The van der Waals surface area contributed by atoms with Gasteiger partial charge in [0.05, 0.1) is 6.54 Å². The quantitative estimate of drug-likeness (QED) is 0.789. The van der Waals surface area contributed by atoms with E-state index >= 15 is 0 Å². The first-order chi connectivity index (χ1) is 10.4. The van der Waals surface area contributed by atoms with E-state index in [4.69, 9.17) is 0 Å². The molecule has 0 fully saturated rings. The Morgan fingerprint density at radius 2 is 2.05 bits per heavy atom. The molecule has 2 heterocycles. The van der Waals surface area contributed by atoms with Gasteiger partial charge in [0.15, 0.2) is 0 Å². The molecule has 0 spiro atoms. The summed E-state index contributed by atoms with van der Waals surface area (Å²) in [6.07, 6.45) is -3.22. The predicted octanol–water partition coefficient (Wildman–Crippen LogP) is 3.98. The molecular weight excluding hydrogens is 313 g/mol. The highest BCUT2D eigenvalue weighted by molar-refractivity contribution is 7.19. The van der Waals surface area contributed by atoms with Gasteiger partial charge in [0, 0.05) is 9.58 Å². The third-order valence-corrected chi connectivity index (χ3v) is 4.50. The molecule has 0 saturated carbocycles. The summed E-state index contributed by atoms with van der Waals surface area (Å²) in [6.45, 7) is 1.39. The van der Waals surface area contributed by atoms with Crippen LogP contribution in [-0.2, 0) is 13.1 Å². The second-order valence-electron chi connectivity index (χ2n) is 4.88. The zero-order valence-corrected chi connectivity index (χ0v) is 12.5. The summed E-state index contributed by atoms with van der Waals surface area (Å²) in [6, 6.07) is 8.07. The van der Waals surface area contributed by atoms with Crippen molar-refractivity contribution in [3.8, 4) is 0 Å². The molecule has 0 aliphatic carbocycles. The number of rotatable bonds is 4. The summed E-state index contributed by atoms with van der Waals surface area (Å²) in [5, 5.41) is 7.94. The van der Waals surface area contributed by atoms with Crippen molar-refractivity contribution in [3.63, 3.8) is 0 Å². The Hall–Kier alpha value is -2.09. The first-order valence-corrected chi connectivity index (χ1v) is 7.41. The number of nitrogens with zero attached hydrogens (tertiary/aromatic N) is 3. The van der Waals surface area contributed by atoms with Crippen LogP contribution in [0.1, 0.15) is 10.4 Å². The van der Waals surface area contributed by atoms with E-state index < -0.39 is 12.7 Å². The largest absolute Gasteiger partial charge is 0.408 e. The van der Waals surface area contributed by atoms with E-state index in [0.29, 0.717) is 6.54 Å². The average Bonchev–Trinajstić information content (AvgIpc) is 3.00. The smallest absolute Gasteiger partial charge is 0.348 e. The Kier molecular flexibility index (Phi) is 3.78. The van der Waals surface area contributed by atoms with Crippen LogP contribution in [0.3, 0.4) is 0 Å². The molecule has 1 aromatic carbocycles. The molecule has 0 amide bonds. The molecule has 0 bridgehead atoms. The van der Waals surface area contributed by atoms with Gasteiger partial charge in [-0.15, -0.1) is 16.4 Å². The van der Waals surface area contributed by atoms with Crippen molar-refractivity contribution >= 4 is 27.4 Å². The first-order valence-electron chi connectivity index (χ1n) is 6.59. The summed E-state index contributed by atoms with van der Waals surface area (Å²) < 4.78 is 38.8. The molecule has 3 rings (SSSR count). The van der Waals surface area contributed by atoms with E-state index in [1.54, 1.807) is 11.3 Å². The highest BCUT2D eigenvalue weighted by Crippen LogP contribution is 2.30. The number of thiophene rings is 1. The molecule has 4 nitrogen and oxygen atoms in total. The zero-order chi connectivity index (χ0) is 15.7. The third-order valence-electron chi connectivity index (χ3n) is 3.23. The van der Waals surface area contributed by atoms with Crippen molar-refractivity contribution in [1.82, 2.24) is 14.8 Å². The van der Waals surface area contributed by atoms with Crippen LogP contribution < -0.4 is 5.32 Å². The fourth-order valence-corrected chi connectivity index (χ4v) is 3.34. The van der Waals surface area contributed by atoms with E-state index in [1.807, 2.05) is 25.1 Å². The van der Waals surface area contributed by atoms with Gasteiger partial charge in [-0.1, -0.05) is 18.2 Å². The molecule has 0 aliphatic heterocycles. The van der Waals surface area contributed by atoms with Crippen molar-refractivity contribution in [2.75, 3.05) is 5.32 Å². The molecule has 0 radical (unpaired) electrons. The maximum Gasteiger partial charge on any atom is 0.408 e. The lowest BCUT2D eigenvalue weighted by Gasteiger charge is -2.04. The van der Waals surface area contributed by atoms with Gasteiger partial charge in [-0.2, -0.15) is 13.2 Å². The fourth-order valence-electron chi connectivity index (χ4n) is 2.19. The Bertz CT molecular complexity index is 791. The number of halogens is 3. The van der Waals surface area contributed by atoms with E-state index in [-0.39, 0.29) is 5.95 Å². The molecule has 0 saturated heterocycles. The Morgan fingerprint density at radius 3 is 2.77 bits per heavy atom. The number of nitrogens with one attached hydrogen (secondary N) is 1. The minimum atomic E-state index is -4.30. The van der Waals surface area contributed by atoms with Crippen molar-refractivity contribution < 1.29 is 13.2 Å². The SMILES string of the molecule is Cc1c(CNc2ncn(CC(F)(F)F)n2)sc2ccccc12. The topological polar surface area (TPSA) is 42.7 Å². The Morgan fingerprint density at radius 1 is 1.27 bits per heavy atom. The number of benzene rings is 1. The second-order valence-corrected chi connectivity index (χ2v) is 6.02. The lowest BCUT2D eigenvalue weighted by molar-refractivity contribution is -0.142. The van der Waals surface area contributed by atoms with Crippen LogP contribution in [0.5, 0.6) is 0 Å². The van der Waals surface area contributed by atoms with Crippen molar-refractivity contribution in [3.05, 3.63) is 41.0 Å². The second kappa shape index (κ2) is 5.60. The van der Waals surface area contributed by atoms with Crippen molar-refractivity contribution in [2.24, 2.45) is 0 Å². The van der Waals surface area contributed by atoms with Crippen LogP contribution in [0, 0.1) is 6.92 Å². The van der Waals surface area contributed by atoms with Crippen LogP contribution in [-0.4, -0.2) is 20.9 Å². The summed E-state index contributed by atoms with van der Waals surface area (Å²) in [7, 11) is 0. The van der Waals surface area contributed by atoms with Crippen molar-refractivity contribution in [1.29, 1.82) is 0 Å². The van der Waals surface area contributed by atoms with Crippen molar-refractivity contribution in [2.45, 2.75) is 26.2 Å². The van der Waals surface area contributed by atoms with Gasteiger partial charge in [0.2, 0.25) is 5.95 Å². The highest BCUT2D eigenvalue weighted by atomic mass is 32.1. The van der Waals surface area contributed by atoms with Crippen LogP contribution in [0.15, 0.2) is 30.6 Å². The third kappa shape index (κ3) is 3.22. The Labute approximate surface area is 128 Å². The monoisotopic (exact) mass is 326 g/mol. The first kappa shape index (κ1) is 14.8. The molecule has 1 N–H and O–H groups in total. The lowest BCUT2D eigenvalue weighted by atomic mass is 10.1. The van der Waals surface area contributed by atoms with Crippen LogP contribution in [0.25, 0.3) is 10.1 Å². The zero-order valence-electron chi connectivity index (χ0n) is 11.7. The minimum absolute atomic E-state index is 0.195. The van der Waals surface area contributed by atoms with Gasteiger partial charge < -0.3 is 5.32 Å². The summed E-state index contributed by atoms with van der Waals surface area (Å²) >= 11 is 1.66.